The summed E-state index contributed by atoms with van der Waals surface area (Å²) in [7, 11) is 0. The molecule has 6 rings (SSSR count). The van der Waals surface area contributed by atoms with E-state index in [1.807, 2.05) is 6.92 Å². The van der Waals surface area contributed by atoms with Crippen molar-refractivity contribution in [3.63, 3.8) is 0 Å². The van der Waals surface area contributed by atoms with Gasteiger partial charge in [0.05, 0.1) is 17.9 Å². The van der Waals surface area contributed by atoms with Crippen LogP contribution in [0.1, 0.15) is 25.1 Å². The second kappa shape index (κ2) is 8.52. The van der Waals surface area contributed by atoms with Gasteiger partial charge in [0.1, 0.15) is 34.4 Å². The molecule has 0 unspecified atom stereocenters. The molecule has 2 aromatic carbocycles. The maximum atomic E-state index is 14.3. The molecule has 2 N–H and O–H groups in total. The van der Waals surface area contributed by atoms with Crippen molar-refractivity contribution in [2.45, 2.75) is 19.4 Å². The Morgan fingerprint density at radius 2 is 1.81 bits per heavy atom. The Balaban J connectivity index is 1.65. The Kier molecular flexibility index (Phi) is 5.14. The highest BCUT2D eigenvalue weighted by molar-refractivity contribution is 6.01. The monoisotopic (exact) mass is 501 g/mol. The smallest absolute Gasteiger partial charge is 0.423 e. The second-order valence-electron chi connectivity index (χ2n) is 8.15. The molecule has 0 fully saturated rings. The lowest BCUT2D eigenvalue weighted by atomic mass is 9.97. The summed E-state index contributed by atoms with van der Waals surface area (Å²) in [6.07, 6.45) is 3.27. The van der Waals surface area contributed by atoms with E-state index < -0.39 is 28.5 Å². The molecule has 11 nitrogen and oxygen atoms in total. The summed E-state index contributed by atoms with van der Waals surface area (Å²) in [4.78, 5) is 53.1. The fourth-order valence-corrected chi connectivity index (χ4v) is 4.26. The normalized spacial score (nSPS) is 12.4. The van der Waals surface area contributed by atoms with Gasteiger partial charge < -0.3 is 23.6 Å². The molecule has 0 amide bonds. The van der Waals surface area contributed by atoms with Crippen LogP contribution in [0.25, 0.3) is 44.4 Å². The number of H-pyrrole nitrogens is 1. The van der Waals surface area contributed by atoms with E-state index in [9.17, 15) is 18.8 Å². The van der Waals surface area contributed by atoms with Gasteiger partial charge in [-0.1, -0.05) is 19.1 Å². The van der Waals surface area contributed by atoms with Gasteiger partial charge in [-0.15, -0.1) is 0 Å². The van der Waals surface area contributed by atoms with Crippen molar-refractivity contribution in [1.29, 1.82) is 0 Å². The van der Waals surface area contributed by atoms with Crippen LogP contribution in [0.5, 0.6) is 0 Å². The maximum absolute atomic E-state index is 14.3. The van der Waals surface area contributed by atoms with Crippen LogP contribution in [0.15, 0.2) is 76.7 Å². The molecule has 37 heavy (non-hydrogen) atoms. The zero-order valence-corrected chi connectivity index (χ0v) is 19.1. The lowest BCUT2D eigenvalue weighted by Gasteiger charge is -2.20. The van der Waals surface area contributed by atoms with Gasteiger partial charge in [-0.3, -0.25) is 4.79 Å². The summed E-state index contributed by atoms with van der Waals surface area (Å²) >= 11 is 0. The highest BCUT2D eigenvalue weighted by atomic mass is 19.1. The van der Waals surface area contributed by atoms with E-state index in [1.165, 1.54) is 43.0 Å². The number of aromatic amines is 1. The molecular weight excluding hydrogens is 485 g/mol. The molecule has 6 aromatic rings. The predicted molar refractivity (Wildman–Crippen MR) is 131 cm³/mol. The first-order valence-electron chi connectivity index (χ1n) is 11.2. The Morgan fingerprint density at radius 1 is 1.00 bits per heavy atom. The summed E-state index contributed by atoms with van der Waals surface area (Å²) < 4.78 is 30.6. The lowest BCUT2D eigenvalue weighted by molar-refractivity contribution is 0.449. The third kappa shape index (κ3) is 3.66. The molecule has 0 saturated heterocycles. The van der Waals surface area contributed by atoms with E-state index >= 15 is 0 Å². The minimum absolute atomic E-state index is 0.0441. The molecule has 0 bridgehead atoms. The SMILES string of the molecule is CC[C@H](Nc1ncnc2nc[nH]c12)c1oc2ccc3oc(=O)c(=O)oc3c2c(=O)c1-c1cccc(F)c1. The maximum Gasteiger partial charge on any atom is 0.423 e. The summed E-state index contributed by atoms with van der Waals surface area (Å²) in [5, 5.41) is 3.15. The molecule has 0 aliphatic carbocycles. The summed E-state index contributed by atoms with van der Waals surface area (Å²) in [6.45, 7) is 1.87. The van der Waals surface area contributed by atoms with Crippen molar-refractivity contribution in [3.05, 3.63) is 91.7 Å². The van der Waals surface area contributed by atoms with Crippen LogP contribution >= 0.6 is 0 Å². The van der Waals surface area contributed by atoms with E-state index in [2.05, 4.69) is 25.3 Å². The topological polar surface area (TPSA) is 157 Å². The van der Waals surface area contributed by atoms with Gasteiger partial charge in [-0.05, 0) is 36.2 Å². The Bertz CT molecular complexity index is 2010. The Hall–Kier alpha value is -5.13. The van der Waals surface area contributed by atoms with Gasteiger partial charge in [0.2, 0.25) is 5.43 Å². The number of halogens is 1. The number of benzene rings is 2. The van der Waals surface area contributed by atoms with Crippen LogP contribution in [0.4, 0.5) is 10.2 Å². The molecule has 0 aliphatic heterocycles. The molecular formula is C25H16FN5O6. The van der Waals surface area contributed by atoms with E-state index in [4.69, 9.17) is 13.3 Å². The van der Waals surface area contributed by atoms with Crippen molar-refractivity contribution in [2.24, 2.45) is 0 Å². The van der Waals surface area contributed by atoms with E-state index in [1.54, 1.807) is 6.07 Å². The minimum Gasteiger partial charge on any atom is -0.458 e. The first-order valence-corrected chi connectivity index (χ1v) is 11.2. The van der Waals surface area contributed by atoms with E-state index in [0.29, 0.717) is 23.4 Å². The van der Waals surface area contributed by atoms with Gasteiger partial charge in [0.25, 0.3) is 0 Å². The number of rotatable bonds is 5. The number of fused-ring (bicyclic) bond motifs is 4. The van der Waals surface area contributed by atoms with Crippen LogP contribution in [-0.2, 0) is 0 Å². The molecule has 12 heteroatoms. The standard InChI is InChI=1S/C25H16FN5O6/c1-2-13(31-23-18-22(28-9-27-18)29-10-30-23)20-16(11-4-3-5-12(26)8-11)19(32)17-14(35-20)6-7-15-21(17)37-25(34)24(33)36-15/h3-10,13H,2H2,1H3,(H2,27,28,29,30,31)/t13-/m0/s1. The Labute approximate surface area is 204 Å². The minimum atomic E-state index is -1.27. The van der Waals surface area contributed by atoms with Gasteiger partial charge in [0, 0.05) is 0 Å². The quantitative estimate of drug-likeness (QED) is 0.262. The molecule has 4 heterocycles. The highest BCUT2D eigenvalue weighted by Gasteiger charge is 2.26. The first kappa shape index (κ1) is 22.3. The van der Waals surface area contributed by atoms with Crippen molar-refractivity contribution in [2.75, 3.05) is 5.32 Å². The largest absolute Gasteiger partial charge is 0.458 e. The molecule has 0 radical (unpaired) electrons. The van der Waals surface area contributed by atoms with Crippen molar-refractivity contribution in [3.8, 4) is 11.1 Å². The Morgan fingerprint density at radius 3 is 2.62 bits per heavy atom. The number of nitrogens with one attached hydrogen (secondary N) is 2. The average molecular weight is 501 g/mol. The van der Waals surface area contributed by atoms with Crippen molar-refractivity contribution in [1.82, 2.24) is 19.9 Å². The number of nitrogens with zero attached hydrogens (tertiary/aromatic N) is 3. The molecule has 4 aromatic heterocycles. The lowest BCUT2D eigenvalue weighted by Crippen LogP contribution is -2.22. The van der Waals surface area contributed by atoms with Crippen LogP contribution in [0.3, 0.4) is 0 Å². The second-order valence-corrected chi connectivity index (χ2v) is 8.15. The first-order chi connectivity index (χ1) is 17.9. The summed E-state index contributed by atoms with van der Waals surface area (Å²) in [5.41, 5.74) is -2.04. The summed E-state index contributed by atoms with van der Waals surface area (Å²) in [5.74, 6) is 0.0684. The van der Waals surface area contributed by atoms with Crippen LogP contribution in [-0.4, -0.2) is 19.9 Å². The highest BCUT2D eigenvalue weighted by Crippen LogP contribution is 2.35. The third-order valence-electron chi connectivity index (χ3n) is 5.94. The fraction of sp³-hybridized carbons (Fsp3) is 0.120. The fourth-order valence-electron chi connectivity index (χ4n) is 4.26. The zero-order chi connectivity index (χ0) is 25.7. The molecule has 0 spiro atoms. The van der Waals surface area contributed by atoms with Gasteiger partial charge in [-0.25, -0.2) is 28.9 Å². The molecule has 0 aliphatic rings. The number of aromatic nitrogens is 4. The summed E-state index contributed by atoms with van der Waals surface area (Å²) in [6, 6.07) is 7.68. The molecule has 184 valence electrons. The zero-order valence-electron chi connectivity index (χ0n) is 19.1. The van der Waals surface area contributed by atoms with E-state index in [-0.39, 0.29) is 39.0 Å². The average Bonchev–Trinajstić information content (AvgIpc) is 3.37. The number of imidazole rings is 1. The van der Waals surface area contributed by atoms with Crippen LogP contribution < -0.4 is 22.0 Å². The van der Waals surface area contributed by atoms with Gasteiger partial charge in [0.15, 0.2) is 22.6 Å². The number of hydrogen-bond acceptors (Lipinski definition) is 10. The van der Waals surface area contributed by atoms with Gasteiger partial charge in [-0.2, -0.15) is 0 Å². The third-order valence-corrected chi connectivity index (χ3v) is 5.94. The van der Waals surface area contributed by atoms with Gasteiger partial charge >= 0.3 is 11.3 Å². The molecule has 1 atom stereocenters. The van der Waals surface area contributed by atoms with E-state index in [0.717, 1.165) is 0 Å². The van der Waals surface area contributed by atoms with Crippen LogP contribution in [0, 0.1) is 5.82 Å². The predicted octanol–water partition coefficient (Wildman–Crippen LogP) is 3.89. The van der Waals surface area contributed by atoms with Crippen molar-refractivity contribution >= 4 is 39.1 Å². The van der Waals surface area contributed by atoms with Crippen molar-refractivity contribution < 1.29 is 17.6 Å². The molecule has 0 saturated carbocycles. The number of anilines is 1. The van der Waals surface area contributed by atoms with Crippen LogP contribution in [0.2, 0.25) is 0 Å². The number of hydrogen-bond donors (Lipinski definition) is 2.